The van der Waals surface area contributed by atoms with Crippen LogP contribution in [-0.4, -0.2) is 23.2 Å². The van der Waals surface area contributed by atoms with E-state index in [9.17, 15) is 0 Å². The molecule has 0 saturated heterocycles. The van der Waals surface area contributed by atoms with Gasteiger partial charge in [-0.05, 0) is 32.3 Å². The van der Waals surface area contributed by atoms with E-state index in [1.54, 1.807) is 11.3 Å². The molecule has 2 unspecified atom stereocenters. The number of rotatable bonds is 5. The fourth-order valence-electron chi connectivity index (χ4n) is 1.56. The molecule has 0 spiro atoms. The minimum absolute atomic E-state index is 0. The first kappa shape index (κ1) is 15.1. The number of nitrogens with one attached hydrogen (secondary N) is 1. The molecule has 0 aliphatic carbocycles. The molecule has 0 radical (unpaired) electrons. The van der Waals surface area contributed by atoms with Crippen LogP contribution in [0.25, 0.3) is 0 Å². The number of hydrogen-bond donors (Lipinski definition) is 1. The molecule has 2 atom stereocenters. The summed E-state index contributed by atoms with van der Waals surface area (Å²) in [5.74, 6) is 1.65. The van der Waals surface area contributed by atoms with Crippen LogP contribution >= 0.6 is 23.7 Å². The first-order valence-electron chi connectivity index (χ1n) is 5.74. The van der Waals surface area contributed by atoms with Crippen LogP contribution in [0, 0.1) is 0 Å². The fraction of sp³-hybridized carbons (Fsp3) is 0.500. The monoisotopic (exact) mass is 287 g/mol. The van der Waals surface area contributed by atoms with Gasteiger partial charge >= 0.3 is 0 Å². The summed E-state index contributed by atoms with van der Waals surface area (Å²) in [5.41, 5.74) is 0. The molecule has 0 aliphatic rings. The van der Waals surface area contributed by atoms with Crippen LogP contribution in [-0.2, 0) is 6.42 Å². The Hall–Kier alpha value is -0.910. The lowest BCUT2D eigenvalue weighted by Gasteiger charge is -2.05. The van der Waals surface area contributed by atoms with Gasteiger partial charge in [-0.25, -0.2) is 0 Å². The van der Waals surface area contributed by atoms with Gasteiger partial charge in [0.2, 0.25) is 5.89 Å². The predicted octanol–water partition coefficient (Wildman–Crippen LogP) is 2.86. The number of hydrogen-bond acceptors (Lipinski definition) is 5. The summed E-state index contributed by atoms with van der Waals surface area (Å²) in [5, 5.41) is 9.24. The maximum Gasteiger partial charge on any atom is 0.234 e. The lowest BCUT2D eigenvalue weighted by Crippen LogP contribution is -2.24. The smallest absolute Gasteiger partial charge is 0.234 e. The van der Waals surface area contributed by atoms with E-state index in [-0.39, 0.29) is 18.3 Å². The molecule has 2 aromatic rings. The number of aromatic nitrogens is 2. The van der Waals surface area contributed by atoms with Crippen molar-refractivity contribution in [3.8, 4) is 0 Å². The van der Waals surface area contributed by atoms with Gasteiger partial charge < -0.3 is 9.84 Å². The lowest BCUT2D eigenvalue weighted by molar-refractivity contribution is 0.364. The highest BCUT2D eigenvalue weighted by molar-refractivity contribution is 7.10. The third kappa shape index (κ3) is 3.54. The van der Waals surface area contributed by atoms with Crippen LogP contribution in [0.1, 0.15) is 36.4 Å². The number of nitrogens with zero attached hydrogens (tertiary/aromatic N) is 2. The topological polar surface area (TPSA) is 51.0 Å². The normalized spacial score (nSPS) is 13.9. The molecule has 0 aliphatic heterocycles. The Morgan fingerprint density at radius 3 is 2.83 bits per heavy atom. The van der Waals surface area contributed by atoms with Gasteiger partial charge in [0.25, 0.3) is 0 Å². The Balaban J connectivity index is 0.00000162. The molecule has 0 bridgehead atoms. The van der Waals surface area contributed by atoms with Crippen LogP contribution in [0.15, 0.2) is 22.0 Å². The van der Waals surface area contributed by atoms with Crippen molar-refractivity contribution in [3.05, 3.63) is 34.1 Å². The second-order valence-corrected chi connectivity index (χ2v) is 5.16. The molecule has 6 heteroatoms. The van der Waals surface area contributed by atoms with Gasteiger partial charge in [0.1, 0.15) is 0 Å². The molecule has 1 N–H and O–H groups in total. The third-order valence-corrected chi connectivity index (χ3v) is 3.86. The van der Waals surface area contributed by atoms with Crippen LogP contribution < -0.4 is 5.32 Å². The third-order valence-electron chi connectivity index (χ3n) is 2.81. The number of thiophene rings is 1. The molecular formula is C12H18ClN3OS. The highest BCUT2D eigenvalue weighted by Crippen LogP contribution is 2.26. The molecular weight excluding hydrogens is 270 g/mol. The number of likely N-dealkylation sites (N-methyl/N-ethyl adjacent to an activating group) is 1. The summed E-state index contributed by atoms with van der Waals surface area (Å²) >= 11 is 1.71. The molecule has 2 rings (SSSR count). The van der Waals surface area contributed by atoms with Gasteiger partial charge in [-0.2, -0.15) is 4.98 Å². The Morgan fingerprint density at radius 2 is 2.22 bits per heavy atom. The van der Waals surface area contributed by atoms with Gasteiger partial charge in [0, 0.05) is 17.3 Å². The van der Waals surface area contributed by atoms with E-state index >= 15 is 0 Å². The van der Waals surface area contributed by atoms with Crippen molar-refractivity contribution in [1.82, 2.24) is 15.5 Å². The maximum absolute atomic E-state index is 5.31. The summed E-state index contributed by atoms with van der Waals surface area (Å²) in [4.78, 5) is 5.69. The van der Waals surface area contributed by atoms with Crippen molar-refractivity contribution < 1.29 is 4.52 Å². The molecule has 100 valence electrons. The van der Waals surface area contributed by atoms with Crippen molar-refractivity contribution in [2.75, 3.05) is 7.05 Å². The Morgan fingerprint density at radius 1 is 1.44 bits per heavy atom. The highest BCUT2D eigenvalue weighted by Gasteiger charge is 2.17. The van der Waals surface area contributed by atoms with Gasteiger partial charge in [-0.3, -0.25) is 0 Å². The van der Waals surface area contributed by atoms with Crippen molar-refractivity contribution in [2.24, 2.45) is 0 Å². The molecule has 18 heavy (non-hydrogen) atoms. The maximum atomic E-state index is 5.31. The van der Waals surface area contributed by atoms with Crippen LogP contribution in [0.5, 0.6) is 0 Å². The zero-order valence-corrected chi connectivity index (χ0v) is 12.3. The SMILES string of the molecule is CNC(C)Cc1noc(C(C)c2cccs2)n1.Cl. The lowest BCUT2D eigenvalue weighted by atomic mass is 10.1. The van der Waals surface area contributed by atoms with Crippen LogP contribution in [0.4, 0.5) is 0 Å². The molecule has 0 aromatic carbocycles. The van der Waals surface area contributed by atoms with Gasteiger partial charge in [0.15, 0.2) is 5.82 Å². The summed E-state index contributed by atoms with van der Waals surface area (Å²) in [6, 6.07) is 4.49. The van der Waals surface area contributed by atoms with E-state index in [0.29, 0.717) is 11.9 Å². The Bertz CT molecular complexity index is 458. The van der Waals surface area contributed by atoms with Gasteiger partial charge in [-0.1, -0.05) is 11.2 Å². The van der Waals surface area contributed by atoms with Crippen molar-refractivity contribution in [3.63, 3.8) is 0 Å². The average molecular weight is 288 g/mol. The van der Waals surface area contributed by atoms with Crippen molar-refractivity contribution >= 4 is 23.7 Å². The minimum Gasteiger partial charge on any atom is -0.339 e. The highest BCUT2D eigenvalue weighted by atomic mass is 35.5. The summed E-state index contributed by atoms with van der Waals surface area (Å²) in [6.07, 6.45) is 0.789. The molecule has 2 heterocycles. The van der Waals surface area contributed by atoms with Crippen LogP contribution in [0.3, 0.4) is 0 Å². The zero-order valence-electron chi connectivity index (χ0n) is 10.7. The van der Waals surface area contributed by atoms with E-state index < -0.39 is 0 Å². The molecule has 2 aromatic heterocycles. The van der Waals surface area contributed by atoms with Crippen LogP contribution in [0.2, 0.25) is 0 Å². The minimum atomic E-state index is 0. The van der Waals surface area contributed by atoms with E-state index in [4.69, 9.17) is 4.52 Å². The predicted molar refractivity (Wildman–Crippen MR) is 75.6 cm³/mol. The Kier molecular flexibility index (Phi) is 5.78. The average Bonchev–Trinajstić information content (AvgIpc) is 2.98. The second-order valence-electron chi connectivity index (χ2n) is 4.18. The molecule has 0 fully saturated rings. The standard InChI is InChI=1S/C12H17N3OS.ClH/c1-8(13-3)7-11-14-12(16-15-11)9(2)10-5-4-6-17-10;/h4-6,8-9,13H,7H2,1-3H3;1H. The first-order valence-corrected chi connectivity index (χ1v) is 6.61. The quantitative estimate of drug-likeness (QED) is 0.919. The van der Waals surface area contributed by atoms with E-state index in [2.05, 4.69) is 40.8 Å². The molecule has 4 nitrogen and oxygen atoms in total. The molecule has 0 saturated carbocycles. The fourth-order valence-corrected chi connectivity index (χ4v) is 2.34. The summed E-state index contributed by atoms with van der Waals surface area (Å²) in [6.45, 7) is 4.18. The summed E-state index contributed by atoms with van der Waals surface area (Å²) < 4.78 is 5.31. The van der Waals surface area contributed by atoms with E-state index in [1.165, 1.54) is 4.88 Å². The second kappa shape index (κ2) is 6.87. The van der Waals surface area contributed by atoms with Crippen molar-refractivity contribution in [2.45, 2.75) is 32.2 Å². The summed E-state index contributed by atoms with van der Waals surface area (Å²) in [7, 11) is 1.93. The Labute approximate surface area is 117 Å². The first-order chi connectivity index (χ1) is 8.20. The van der Waals surface area contributed by atoms with E-state index in [0.717, 1.165) is 12.2 Å². The van der Waals surface area contributed by atoms with E-state index in [1.807, 2.05) is 13.1 Å². The van der Waals surface area contributed by atoms with Gasteiger partial charge in [0.05, 0.1) is 5.92 Å². The van der Waals surface area contributed by atoms with Crippen molar-refractivity contribution in [1.29, 1.82) is 0 Å². The van der Waals surface area contributed by atoms with Gasteiger partial charge in [-0.15, -0.1) is 23.7 Å². The zero-order chi connectivity index (χ0) is 12.3. The largest absolute Gasteiger partial charge is 0.339 e. The molecule has 0 amide bonds. The number of halogens is 1.